The van der Waals surface area contributed by atoms with E-state index < -0.39 is 0 Å². The zero-order valence-electron chi connectivity index (χ0n) is 17.4. The van der Waals surface area contributed by atoms with E-state index in [1.54, 1.807) is 25.1 Å². The van der Waals surface area contributed by atoms with Crippen LogP contribution < -0.4 is 14.2 Å². The lowest BCUT2D eigenvalue weighted by molar-refractivity contribution is 0.306. The molecule has 3 rings (SSSR count). The number of ether oxygens (including phenoxy) is 3. The molecule has 8 heteroatoms. The molecule has 0 radical (unpaired) electrons. The smallest absolute Gasteiger partial charge is 0.216 e. The van der Waals surface area contributed by atoms with Gasteiger partial charge in [-0.2, -0.15) is 14.9 Å². The summed E-state index contributed by atoms with van der Waals surface area (Å²) < 4.78 is 18.4. The van der Waals surface area contributed by atoms with Gasteiger partial charge < -0.3 is 14.2 Å². The van der Waals surface area contributed by atoms with E-state index in [-0.39, 0.29) is 0 Å². The van der Waals surface area contributed by atoms with Gasteiger partial charge in [-0.15, -0.1) is 0 Å². The Morgan fingerprint density at radius 2 is 1.83 bits per heavy atom. The first kappa shape index (κ1) is 21.6. The second kappa shape index (κ2) is 10.6. The van der Waals surface area contributed by atoms with Crippen LogP contribution in [0.2, 0.25) is 0 Å². The molecule has 158 valence electrons. The van der Waals surface area contributed by atoms with Crippen molar-refractivity contribution in [3.8, 4) is 28.6 Å². The summed E-state index contributed by atoms with van der Waals surface area (Å²) >= 11 is 5.34. The Kier molecular flexibility index (Phi) is 7.62. The van der Waals surface area contributed by atoms with Crippen LogP contribution in [0.1, 0.15) is 31.7 Å². The van der Waals surface area contributed by atoms with Crippen LogP contribution in [0, 0.1) is 4.77 Å². The zero-order valence-corrected chi connectivity index (χ0v) is 18.2. The van der Waals surface area contributed by atoms with E-state index in [2.05, 4.69) is 22.2 Å². The summed E-state index contributed by atoms with van der Waals surface area (Å²) in [5, 5.41) is 11.6. The summed E-state index contributed by atoms with van der Waals surface area (Å²) in [6.07, 6.45) is 5.16. The number of benzene rings is 2. The Morgan fingerprint density at radius 3 is 2.53 bits per heavy atom. The third-order valence-corrected chi connectivity index (χ3v) is 4.78. The van der Waals surface area contributed by atoms with Gasteiger partial charge in [0.15, 0.2) is 17.3 Å². The average molecular weight is 427 g/mol. The quantitative estimate of drug-likeness (QED) is 0.278. The molecule has 0 unspecified atom stereocenters. The van der Waals surface area contributed by atoms with E-state index in [1.807, 2.05) is 42.5 Å². The van der Waals surface area contributed by atoms with E-state index in [0.717, 1.165) is 29.9 Å². The van der Waals surface area contributed by atoms with E-state index in [1.165, 1.54) is 12.8 Å². The molecule has 30 heavy (non-hydrogen) atoms. The second-order valence-electron chi connectivity index (χ2n) is 6.60. The molecule has 2 aromatic carbocycles. The number of hydrogen-bond donors (Lipinski definition) is 1. The highest BCUT2D eigenvalue weighted by molar-refractivity contribution is 7.71. The van der Waals surface area contributed by atoms with Crippen molar-refractivity contribution < 1.29 is 14.2 Å². The second-order valence-corrected chi connectivity index (χ2v) is 6.99. The van der Waals surface area contributed by atoms with Crippen molar-refractivity contribution in [1.29, 1.82) is 0 Å². The largest absolute Gasteiger partial charge is 0.494 e. The van der Waals surface area contributed by atoms with Gasteiger partial charge in [0.2, 0.25) is 4.77 Å². The number of aromatic amines is 1. The summed E-state index contributed by atoms with van der Waals surface area (Å²) in [6.45, 7) is 2.91. The molecule has 0 aliphatic rings. The minimum absolute atomic E-state index is 0.395. The first-order chi connectivity index (χ1) is 14.7. The predicted octanol–water partition coefficient (Wildman–Crippen LogP) is 5.08. The maximum Gasteiger partial charge on any atom is 0.216 e. The number of hydrogen-bond acceptors (Lipinski definition) is 6. The lowest BCUT2D eigenvalue weighted by Crippen LogP contribution is -1.98. The van der Waals surface area contributed by atoms with Gasteiger partial charge >= 0.3 is 0 Å². The van der Waals surface area contributed by atoms with Gasteiger partial charge in [0.1, 0.15) is 5.75 Å². The minimum atomic E-state index is 0.395. The van der Waals surface area contributed by atoms with E-state index in [9.17, 15) is 0 Å². The van der Waals surface area contributed by atoms with Crippen molar-refractivity contribution in [3.63, 3.8) is 0 Å². The summed E-state index contributed by atoms with van der Waals surface area (Å²) in [4.78, 5) is 0. The molecule has 0 fully saturated rings. The Bertz CT molecular complexity index is 1040. The normalized spacial score (nSPS) is 11.0. The fraction of sp³-hybridized carbons (Fsp3) is 0.318. The van der Waals surface area contributed by atoms with Gasteiger partial charge in [0.25, 0.3) is 0 Å². The molecule has 3 aromatic rings. The van der Waals surface area contributed by atoms with Crippen molar-refractivity contribution >= 4 is 18.4 Å². The SMILES string of the molecule is CCCCCOc1ccc(C=Nn2c(-c3ccc(OC)c(OC)c3)n[nH]c2=S)cc1. The maximum absolute atomic E-state index is 5.75. The van der Waals surface area contributed by atoms with Gasteiger partial charge in [-0.3, -0.25) is 0 Å². The van der Waals surface area contributed by atoms with Crippen molar-refractivity contribution in [2.24, 2.45) is 5.10 Å². The van der Waals surface area contributed by atoms with Gasteiger partial charge in [-0.25, -0.2) is 5.10 Å². The number of nitrogens with one attached hydrogen (secondary N) is 1. The van der Waals surface area contributed by atoms with Crippen molar-refractivity contribution in [2.75, 3.05) is 20.8 Å². The van der Waals surface area contributed by atoms with Crippen LogP contribution in [0.5, 0.6) is 17.2 Å². The topological polar surface area (TPSA) is 73.7 Å². The molecule has 0 aliphatic carbocycles. The lowest BCUT2D eigenvalue weighted by Gasteiger charge is -2.09. The molecule has 1 aromatic heterocycles. The molecule has 0 amide bonds. The van der Waals surface area contributed by atoms with E-state index >= 15 is 0 Å². The number of methoxy groups -OCH3 is 2. The van der Waals surface area contributed by atoms with Crippen LogP contribution in [-0.4, -0.2) is 41.9 Å². The molecule has 0 atom stereocenters. The predicted molar refractivity (Wildman–Crippen MR) is 120 cm³/mol. The third-order valence-electron chi connectivity index (χ3n) is 4.51. The van der Waals surface area contributed by atoms with Crippen molar-refractivity contribution in [2.45, 2.75) is 26.2 Å². The van der Waals surface area contributed by atoms with Crippen molar-refractivity contribution in [1.82, 2.24) is 14.9 Å². The average Bonchev–Trinajstić information content (AvgIpc) is 3.15. The van der Waals surface area contributed by atoms with Crippen LogP contribution in [-0.2, 0) is 0 Å². The first-order valence-corrected chi connectivity index (χ1v) is 10.2. The fourth-order valence-corrected chi connectivity index (χ4v) is 3.06. The van der Waals surface area contributed by atoms with Crippen molar-refractivity contribution in [3.05, 3.63) is 52.8 Å². The Morgan fingerprint density at radius 1 is 1.07 bits per heavy atom. The molecule has 1 N–H and O–H groups in total. The summed E-state index contributed by atoms with van der Waals surface area (Å²) in [7, 11) is 3.19. The number of aromatic nitrogens is 3. The molecule has 0 saturated carbocycles. The lowest BCUT2D eigenvalue weighted by atomic mass is 10.2. The molecule has 1 heterocycles. The number of unbranched alkanes of at least 4 members (excludes halogenated alkanes) is 2. The van der Waals surface area contributed by atoms with Gasteiger partial charge in [-0.05, 0) is 66.7 Å². The Balaban J connectivity index is 1.77. The van der Waals surface area contributed by atoms with Gasteiger partial charge in [-0.1, -0.05) is 19.8 Å². The van der Waals surface area contributed by atoms with E-state index in [0.29, 0.717) is 22.1 Å². The fourth-order valence-electron chi connectivity index (χ4n) is 2.88. The highest BCUT2D eigenvalue weighted by Crippen LogP contribution is 2.31. The highest BCUT2D eigenvalue weighted by Gasteiger charge is 2.12. The minimum Gasteiger partial charge on any atom is -0.494 e. The van der Waals surface area contributed by atoms with Gasteiger partial charge in [0.05, 0.1) is 27.0 Å². The molecule has 0 saturated heterocycles. The molecule has 0 spiro atoms. The van der Waals surface area contributed by atoms with Crippen LogP contribution in [0.25, 0.3) is 11.4 Å². The third kappa shape index (κ3) is 5.27. The summed E-state index contributed by atoms with van der Waals surface area (Å²) in [5.41, 5.74) is 1.73. The maximum atomic E-state index is 5.75. The Hall–Kier alpha value is -3.13. The highest BCUT2D eigenvalue weighted by atomic mass is 32.1. The number of nitrogens with zero attached hydrogens (tertiary/aromatic N) is 3. The van der Waals surface area contributed by atoms with Crippen LogP contribution in [0.4, 0.5) is 0 Å². The first-order valence-electron chi connectivity index (χ1n) is 9.83. The van der Waals surface area contributed by atoms with Crippen LogP contribution in [0.3, 0.4) is 0 Å². The van der Waals surface area contributed by atoms with Crippen LogP contribution >= 0.6 is 12.2 Å². The van der Waals surface area contributed by atoms with Crippen LogP contribution in [0.15, 0.2) is 47.6 Å². The zero-order chi connectivity index (χ0) is 21.3. The monoisotopic (exact) mass is 426 g/mol. The number of H-pyrrole nitrogens is 1. The molecule has 0 bridgehead atoms. The molecule has 7 nitrogen and oxygen atoms in total. The van der Waals surface area contributed by atoms with E-state index in [4.69, 9.17) is 26.4 Å². The summed E-state index contributed by atoms with van der Waals surface area (Å²) in [6, 6.07) is 13.3. The molecular formula is C22H26N4O3S. The summed E-state index contributed by atoms with van der Waals surface area (Å²) in [5.74, 6) is 2.68. The number of rotatable bonds is 10. The molecular weight excluding hydrogens is 400 g/mol. The van der Waals surface area contributed by atoms with Gasteiger partial charge in [0, 0.05) is 5.56 Å². The Labute approximate surface area is 181 Å². The molecule has 0 aliphatic heterocycles. The standard InChI is InChI=1S/C22H26N4O3S/c1-4-5-6-13-29-18-10-7-16(8-11-18)15-23-26-21(24-25-22(26)30)17-9-12-19(27-2)20(14-17)28-3/h7-12,14-15H,4-6,13H2,1-3H3,(H,25,30).